The highest BCUT2D eigenvalue weighted by molar-refractivity contribution is 5.86. The molecule has 0 N–H and O–H groups in total. The molecule has 0 saturated heterocycles. The molecule has 2 rings (SSSR count). The van der Waals surface area contributed by atoms with Gasteiger partial charge in [0.15, 0.2) is 0 Å². The van der Waals surface area contributed by atoms with Crippen LogP contribution in [0.25, 0.3) is 10.9 Å². The SMILES string of the molecule is COc1cc(C(F)(F)F)c2c(C(C)C)ncnc2c1. The van der Waals surface area contributed by atoms with Gasteiger partial charge in [-0.05, 0) is 12.0 Å². The second-order valence-electron chi connectivity index (χ2n) is 4.48. The number of hydrogen-bond donors (Lipinski definition) is 0. The third-order valence-electron chi connectivity index (χ3n) is 2.83. The topological polar surface area (TPSA) is 35.0 Å². The van der Waals surface area contributed by atoms with E-state index < -0.39 is 11.7 Å². The molecule has 102 valence electrons. The van der Waals surface area contributed by atoms with Gasteiger partial charge in [-0.15, -0.1) is 0 Å². The molecule has 0 bridgehead atoms. The predicted molar refractivity (Wildman–Crippen MR) is 65.2 cm³/mol. The largest absolute Gasteiger partial charge is 0.497 e. The maximum atomic E-state index is 13.2. The van der Waals surface area contributed by atoms with Crippen molar-refractivity contribution in [3.05, 3.63) is 29.7 Å². The molecule has 0 aliphatic rings. The minimum absolute atomic E-state index is 0.0470. The van der Waals surface area contributed by atoms with E-state index >= 15 is 0 Å². The van der Waals surface area contributed by atoms with E-state index in [2.05, 4.69) is 9.97 Å². The zero-order chi connectivity index (χ0) is 14.2. The molecule has 3 nitrogen and oxygen atoms in total. The molecule has 0 aliphatic heterocycles. The van der Waals surface area contributed by atoms with E-state index in [9.17, 15) is 13.2 Å². The summed E-state index contributed by atoms with van der Waals surface area (Å²) in [6.45, 7) is 3.60. The molecule has 0 atom stereocenters. The lowest BCUT2D eigenvalue weighted by atomic mass is 9.99. The quantitative estimate of drug-likeness (QED) is 0.833. The van der Waals surface area contributed by atoms with Crippen molar-refractivity contribution in [3.63, 3.8) is 0 Å². The summed E-state index contributed by atoms with van der Waals surface area (Å²) in [5.74, 6) is 0.00762. The number of fused-ring (bicyclic) bond motifs is 1. The van der Waals surface area contributed by atoms with Gasteiger partial charge >= 0.3 is 6.18 Å². The van der Waals surface area contributed by atoms with E-state index in [0.29, 0.717) is 5.69 Å². The number of halogens is 3. The Kier molecular flexibility index (Phi) is 3.34. The lowest BCUT2D eigenvalue weighted by Crippen LogP contribution is -2.09. The van der Waals surface area contributed by atoms with E-state index in [1.165, 1.54) is 19.5 Å². The number of nitrogens with zero attached hydrogens (tertiary/aromatic N) is 2. The molecule has 0 radical (unpaired) electrons. The van der Waals surface area contributed by atoms with Gasteiger partial charge in [0.05, 0.1) is 23.9 Å². The van der Waals surface area contributed by atoms with Crippen LogP contribution in [0.3, 0.4) is 0 Å². The molecule has 19 heavy (non-hydrogen) atoms. The first kappa shape index (κ1) is 13.6. The van der Waals surface area contributed by atoms with Crippen LogP contribution in [-0.2, 0) is 6.18 Å². The van der Waals surface area contributed by atoms with Crippen LogP contribution in [0.2, 0.25) is 0 Å². The Morgan fingerprint density at radius 3 is 2.37 bits per heavy atom. The van der Waals surface area contributed by atoms with Crippen LogP contribution in [0.5, 0.6) is 5.75 Å². The maximum absolute atomic E-state index is 13.2. The molecular formula is C13H13F3N2O. The van der Waals surface area contributed by atoms with Crippen molar-refractivity contribution in [1.29, 1.82) is 0 Å². The molecular weight excluding hydrogens is 257 g/mol. The normalized spacial score (nSPS) is 12.2. The molecule has 0 saturated carbocycles. The van der Waals surface area contributed by atoms with Crippen molar-refractivity contribution in [2.45, 2.75) is 25.9 Å². The van der Waals surface area contributed by atoms with Crippen molar-refractivity contribution in [2.75, 3.05) is 7.11 Å². The first-order chi connectivity index (χ1) is 8.84. The molecule has 0 unspecified atom stereocenters. The second kappa shape index (κ2) is 4.68. The summed E-state index contributed by atoms with van der Waals surface area (Å²) >= 11 is 0. The summed E-state index contributed by atoms with van der Waals surface area (Å²) < 4.78 is 44.4. The van der Waals surface area contributed by atoms with Crippen LogP contribution >= 0.6 is 0 Å². The molecule has 2 aromatic rings. The van der Waals surface area contributed by atoms with Crippen LogP contribution in [0.15, 0.2) is 18.5 Å². The van der Waals surface area contributed by atoms with Gasteiger partial charge in [-0.1, -0.05) is 13.8 Å². The molecule has 1 heterocycles. The molecule has 1 aromatic heterocycles. The summed E-state index contributed by atoms with van der Waals surface area (Å²) in [4.78, 5) is 7.90. The summed E-state index contributed by atoms with van der Waals surface area (Å²) in [7, 11) is 1.33. The average molecular weight is 270 g/mol. The van der Waals surface area contributed by atoms with Gasteiger partial charge in [-0.3, -0.25) is 0 Å². The number of alkyl halides is 3. The Morgan fingerprint density at radius 2 is 1.84 bits per heavy atom. The summed E-state index contributed by atoms with van der Waals surface area (Å²) in [6, 6.07) is 2.47. The molecule has 0 fully saturated rings. The van der Waals surface area contributed by atoms with Crippen LogP contribution in [0, 0.1) is 0 Å². The molecule has 0 amide bonds. The van der Waals surface area contributed by atoms with Gasteiger partial charge in [0.2, 0.25) is 0 Å². The van der Waals surface area contributed by atoms with Crippen LogP contribution in [-0.4, -0.2) is 17.1 Å². The van der Waals surface area contributed by atoms with Gasteiger partial charge in [0.25, 0.3) is 0 Å². The Balaban J connectivity index is 2.89. The molecule has 0 aliphatic carbocycles. The summed E-state index contributed by atoms with van der Waals surface area (Å²) in [6.07, 6.45) is -3.20. The minimum atomic E-state index is -4.47. The number of rotatable bonds is 2. The van der Waals surface area contributed by atoms with Crippen LogP contribution < -0.4 is 4.74 Å². The first-order valence-electron chi connectivity index (χ1n) is 5.74. The second-order valence-corrected chi connectivity index (χ2v) is 4.48. The lowest BCUT2D eigenvalue weighted by molar-refractivity contribution is -0.136. The Labute approximate surface area is 108 Å². The highest BCUT2D eigenvalue weighted by Crippen LogP contribution is 2.39. The van der Waals surface area contributed by atoms with Gasteiger partial charge in [0, 0.05) is 11.5 Å². The lowest BCUT2D eigenvalue weighted by Gasteiger charge is -2.15. The van der Waals surface area contributed by atoms with E-state index in [4.69, 9.17) is 4.74 Å². The van der Waals surface area contributed by atoms with Gasteiger partial charge in [-0.25, -0.2) is 9.97 Å². The van der Waals surface area contributed by atoms with E-state index in [0.717, 1.165) is 6.07 Å². The highest BCUT2D eigenvalue weighted by atomic mass is 19.4. The standard InChI is InChI=1S/C13H13F3N2O/c1-7(2)12-11-9(13(14,15)16)4-8(19-3)5-10(11)17-6-18-12/h4-7H,1-3H3. The fraction of sp³-hybridized carbons (Fsp3) is 0.385. The fourth-order valence-corrected chi connectivity index (χ4v) is 1.97. The smallest absolute Gasteiger partial charge is 0.417 e. The molecule has 1 aromatic carbocycles. The van der Waals surface area contributed by atoms with Crippen molar-refractivity contribution in [3.8, 4) is 5.75 Å². The molecule has 0 spiro atoms. The number of ether oxygens (including phenoxy) is 1. The summed E-state index contributed by atoms with van der Waals surface area (Å²) in [5, 5.41) is 0.0470. The molecule has 6 heteroatoms. The third-order valence-corrected chi connectivity index (χ3v) is 2.83. The first-order valence-corrected chi connectivity index (χ1v) is 5.74. The van der Waals surface area contributed by atoms with E-state index in [1.807, 2.05) is 0 Å². The van der Waals surface area contributed by atoms with Gasteiger partial charge < -0.3 is 4.74 Å². The highest BCUT2D eigenvalue weighted by Gasteiger charge is 2.35. The zero-order valence-electron chi connectivity index (χ0n) is 10.7. The van der Waals surface area contributed by atoms with Crippen LogP contribution in [0.1, 0.15) is 31.0 Å². The van der Waals surface area contributed by atoms with Crippen molar-refractivity contribution >= 4 is 10.9 Å². The zero-order valence-corrected chi connectivity index (χ0v) is 10.7. The van der Waals surface area contributed by atoms with Crippen molar-refractivity contribution < 1.29 is 17.9 Å². The van der Waals surface area contributed by atoms with E-state index in [1.54, 1.807) is 13.8 Å². The number of methoxy groups -OCH3 is 1. The Bertz CT molecular complexity index is 609. The predicted octanol–water partition coefficient (Wildman–Crippen LogP) is 3.78. The average Bonchev–Trinajstić information content (AvgIpc) is 2.35. The number of aromatic nitrogens is 2. The van der Waals surface area contributed by atoms with Crippen molar-refractivity contribution in [1.82, 2.24) is 9.97 Å². The maximum Gasteiger partial charge on any atom is 0.417 e. The Morgan fingerprint density at radius 1 is 1.16 bits per heavy atom. The fourth-order valence-electron chi connectivity index (χ4n) is 1.97. The Hall–Kier alpha value is -1.85. The van der Waals surface area contributed by atoms with Gasteiger partial charge in [0.1, 0.15) is 12.1 Å². The minimum Gasteiger partial charge on any atom is -0.497 e. The van der Waals surface area contributed by atoms with Crippen molar-refractivity contribution in [2.24, 2.45) is 0 Å². The van der Waals surface area contributed by atoms with Gasteiger partial charge in [-0.2, -0.15) is 13.2 Å². The number of hydrogen-bond acceptors (Lipinski definition) is 3. The number of benzene rings is 1. The third kappa shape index (κ3) is 2.47. The monoisotopic (exact) mass is 270 g/mol. The van der Waals surface area contributed by atoms with E-state index in [-0.39, 0.29) is 22.6 Å². The summed E-state index contributed by atoms with van der Waals surface area (Å²) in [5.41, 5.74) is -0.128. The van der Waals surface area contributed by atoms with Crippen LogP contribution in [0.4, 0.5) is 13.2 Å².